The average molecular weight is 358 g/mol. The smallest absolute Gasteiger partial charge is 0.231 e. The highest BCUT2D eigenvalue weighted by atomic mass is 35.5. The molecule has 6 heteroatoms. The van der Waals surface area contributed by atoms with Gasteiger partial charge in [-0.3, -0.25) is 4.79 Å². The lowest BCUT2D eigenvalue weighted by molar-refractivity contribution is -0.637. The minimum Gasteiger partial charge on any atom is -0.508 e. The van der Waals surface area contributed by atoms with Crippen LogP contribution in [0.5, 0.6) is 5.75 Å². The van der Waals surface area contributed by atoms with Gasteiger partial charge in [0.1, 0.15) is 5.75 Å². The van der Waals surface area contributed by atoms with E-state index < -0.39 is 0 Å². The summed E-state index contributed by atoms with van der Waals surface area (Å²) in [6, 6.07) is 3.26. The molecule has 23 heavy (non-hydrogen) atoms. The summed E-state index contributed by atoms with van der Waals surface area (Å²) in [6.45, 7) is 3.66. The van der Waals surface area contributed by atoms with Gasteiger partial charge in [0.2, 0.25) is 5.91 Å². The quantitative estimate of drug-likeness (QED) is 0.869. The standard InChI is InChI=1S/C17H22Cl2N2O2/c18-14-8-13(16(22)9-15(14)19)7-11-2-5-21(6-3-11)17(23)12-1-4-20-10-12/h8-9,11-12,20,22H,1-7,10H2/p+1/t12-/m1/s1. The fraction of sp³-hybridized carbons (Fsp3) is 0.588. The number of likely N-dealkylation sites (tertiary alicyclic amines) is 1. The SMILES string of the molecule is O=C([C@@H]1CC[NH2+]C1)N1CCC(Cc2cc(Cl)c(Cl)cc2O)CC1. The Bertz CT molecular complexity index is 580. The molecule has 3 rings (SSSR count). The number of piperidine rings is 1. The van der Waals surface area contributed by atoms with Gasteiger partial charge < -0.3 is 15.3 Å². The van der Waals surface area contributed by atoms with Gasteiger partial charge in [0.15, 0.2) is 0 Å². The molecule has 1 aromatic carbocycles. The van der Waals surface area contributed by atoms with Crippen LogP contribution in [0, 0.1) is 11.8 Å². The first-order valence-electron chi connectivity index (χ1n) is 8.32. The summed E-state index contributed by atoms with van der Waals surface area (Å²) in [5.74, 6) is 1.22. The van der Waals surface area contributed by atoms with Gasteiger partial charge in [-0.15, -0.1) is 0 Å². The van der Waals surface area contributed by atoms with Crippen molar-refractivity contribution in [2.24, 2.45) is 11.8 Å². The third-order valence-corrected chi connectivity index (χ3v) is 5.80. The Labute approximate surface area is 146 Å². The molecule has 0 aromatic heterocycles. The van der Waals surface area contributed by atoms with E-state index in [1.54, 1.807) is 6.07 Å². The number of nitrogens with zero attached hydrogens (tertiary/aromatic N) is 1. The van der Waals surface area contributed by atoms with Crippen LogP contribution < -0.4 is 5.32 Å². The molecule has 0 unspecified atom stereocenters. The zero-order chi connectivity index (χ0) is 16.4. The lowest BCUT2D eigenvalue weighted by Gasteiger charge is -2.33. The highest BCUT2D eigenvalue weighted by Crippen LogP contribution is 2.33. The van der Waals surface area contributed by atoms with Crippen LogP contribution in [0.1, 0.15) is 24.8 Å². The maximum atomic E-state index is 12.4. The van der Waals surface area contributed by atoms with Gasteiger partial charge in [-0.2, -0.15) is 0 Å². The third-order valence-electron chi connectivity index (χ3n) is 5.08. The molecule has 1 amide bonds. The molecule has 0 spiro atoms. The predicted octanol–water partition coefficient (Wildman–Crippen LogP) is 2.06. The van der Waals surface area contributed by atoms with Gasteiger partial charge in [-0.25, -0.2) is 0 Å². The van der Waals surface area contributed by atoms with Crippen molar-refractivity contribution in [3.8, 4) is 5.75 Å². The van der Waals surface area contributed by atoms with Crippen LogP contribution in [-0.4, -0.2) is 42.1 Å². The van der Waals surface area contributed by atoms with E-state index in [4.69, 9.17) is 23.2 Å². The predicted molar refractivity (Wildman–Crippen MR) is 90.9 cm³/mol. The molecule has 2 fully saturated rings. The summed E-state index contributed by atoms with van der Waals surface area (Å²) in [5, 5.41) is 13.1. The van der Waals surface area contributed by atoms with Crippen LogP contribution in [0.4, 0.5) is 0 Å². The number of nitrogens with two attached hydrogens (primary N) is 1. The van der Waals surface area contributed by atoms with Crippen LogP contribution in [0.15, 0.2) is 12.1 Å². The number of halogens is 2. The Morgan fingerprint density at radius 3 is 2.57 bits per heavy atom. The van der Waals surface area contributed by atoms with Crippen molar-refractivity contribution in [1.29, 1.82) is 0 Å². The van der Waals surface area contributed by atoms with E-state index >= 15 is 0 Å². The van der Waals surface area contributed by atoms with E-state index in [-0.39, 0.29) is 11.7 Å². The molecule has 0 saturated carbocycles. The fourth-order valence-corrected chi connectivity index (χ4v) is 3.99. The molecule has 1 aromatic rings. The van der Waals surface area contributed by atoms with Crippen molar-refractivity contribution in [2.75, 3.05) is 26.2 Å². The number of phenolic OH excluding ortho intramolecular Hbond substituents is 1. The molecular formula is C17H23Cl2N2O2+. The molecule has 0 radical (unpaired) electrons. The third kappa shape index (κ3) is 3.93. The van der Waals surface area contributed by atoms with Crippen LogP contribution in [-0.2, 0) is 11.2 Å². The van der Waals surface area contributed by atoms with Gasteiger partial charge in [-0.1, -0.05) is 23.2 Å². The molecule has 2 heterocycles. The minimum atomic E-state index is 0.208. The first-order valence-corrected chi connectivity index (χ1v) is 9.07. The number of carbonyl (C=O) groups is 1. The highest BCUT2D eigenvalue weighted by Gasteiger charge is 2.32. The first kappa shape index (κ1) is 16.9. The zero-order valence-corrected chi connectivity index (χ0v) is 14.6. The number of carbonyl (C=O) groups excluding carboxylic acids is 1. The number of amides is 1. The molecule has 4 nitrogen and oxygen atoms in total. The van der Waals surface area contributed by atoms with Crippen molar-refractivity contribution < 1.29 is 15.2 Å². The summed E-state index contributed by atoms with van der Waals surface area (Å²) in [7, 11) is 0. The summed E-state index contributed by atoms with van der Waals surface area (Å²) in [5.41, 5.74) is 0.842. The number of hydrogen-bond acceptors (Lipinski definition) is 2. The number of phenols is 1. The van der Waals surface area contributed by atoms with Gasteiger partial charge >= 0.3 is 0 Å². The molecule has 2 saturated heterocycles. The Morgan fingerprint density at radius 1 is 1.22 bits per heavy atom. The number of aromatic hydroxyl groups is 1. The lowest BCUT2D eigenvalue weighted by atomic mass is 9.89. The molecule has 126 valence electrons. The van der Waals surface area contributed by atoms with Crippen molar-refractivity contribution >= 4 is 29.1 Å². The van der Waals surface area contributed by atoms with Gasteiger partial charge in [0.05, 0.1) is 29.1 Å². The Kier molecular flexibility index (Phi) is 5.34. The van der Waals surface area contributed by atoms with E-state index in [1.165, 1.54) is 6.07 Å². The number of hydrogen-bond donors (Lipinski definition) is 2. The molecular weight excluding hydrogens is 335 g/mol. The molecule has 2 aliphatic heterocycles. The largest absolute Gasteiger partial charge is 0.508 e. The van der Waals surface area contributed by atoms with Gasteiger partial charge in [0.25, 0.3) is 0 Å². The van der Waals surface area contributed by atoms with E-state index in [0.717, 1.165) is 57.4 Å². The molecule has 3 N–H and O–H groups in total. The van der Waals surface area contributed by atoms with Crippen LogP contribution in [0.3, 0.4) is 0 Å². The average Bonchev–Trinajstić information content (AvgIpc) is 3.07. The second-order valence-corrected chi connectivity index (χ2v) is 7.48. The number of quaternary nitrogens is 1. The maximum absolute atomic E-state index is 12.4. The van der Waals surface area contributed by atoms with Gasteiger partial charge in [-0.05, 0) is 36.8 Å². The molecule has 0 aliphatic carbocycles. The van der Waals surface area contributed by atoms with Crippen molar-refractivity contribution in [3.05, 3.63) is 27.7 Å². The van der Waals surface area contributed by atoms with E-state index in [9.17, 15) is 9.90 Å². The summed E-state index contributed by atoms with van der Waals surface area (Å²) >= 11 is 11.9. The number of rotatable bonds is 3. The Balaban J connectivity index is 1.55. The van der Waals surface area contributed by atoms with Crippen molar-refractivity contribution in [3.63, 3.8) is 0 Å². The topological polar surface area (TPSA) is 57.2 Å². The van der Waals surface area contributed by atoms with Crippen LogP contribution in [0.2, 0.25) is 10.0 Å². The maximum Gasteiger partial charge on any atom is 0.231 e. The first-order chi connectivity index (χ1) is 11.0. The van der Waals surface area contributed by atoms with Crippen LogP contribution >= 0.6 is 23.2 Å². The summed E-state index contributed by atoms with van der Waals surface area (Å²) < 4.78 is 0. The van der Waals surface area contributed by atoms with E-state index in [2.05, 4.69) is 5.32 Å². The van der Waals surface area contributed by atoms with Crippen molar-refractivity contribution in [1.82, 2.24) is 4.90 Å². The van der Waals surface area contributed by atoms with E-state index in [0.29, 0.717) is 21.9 Å². The Hall–Kier alpha value is -0.970. The van der Waals surface area contributed by atoms with Gasteiger partial charge in [0, 0.05) is 25.6 Å². The fourth-order valence-electron chi connectivity index (χ4n) is 3.65. The normalized spacial score (nSPS) is 22.5. The highest BCUT2D eigenvalue weighted by molar-refractivity contribution is 6.42. The minimum absolute atomic E-state index is 0.208. The second kappa shape index (κ2) is 7.29. The molecule has 2 aliphatic rings. The van der Waals surface area contributed by atoms with E-state index in [1.807, 2.05) is 4.90 Å². The molecule has 1 atom stereocenters. The monoisotopic (exact) mass is 357 g/mol. The summed E-state index contributed by atoms with van der Waals surface area (Å²) in [6.07, 6.45) is 3.74. The lowest BCUT2D eigenvalue weighted by Crippen LogP contribution is -2.81. The summed E-state index contributed by atoms with van der Waals surface area (Å²) in [4.78, 5) is 14.5. The second-order valence-electron chi connectivity index (χ2n) is 6.67. The Morgan fingerprint density at radius 2 is 1.91 bits per heavy atom. The number of benzene rings is 1. The van der Waals surface area contributed by atoms with Crippen molar-refractivity contribution in [2.45, 2.75) is 25.7 Å². The zero-order valence-electron chi connectivity index (χ0n) is 13.1. The molecule has 0 bridgehead atoms. The van der Waals surface area contributed by atoms with Crippen LogP contribution in [0.25, 0.3) is 0 Å².